The van der Waals surface area contributed by atoms with Crippen molar-refractivity contribution < 1.29 is 19.4 Å². The van der Waals surface area contributed by atoms with Gasteiger partial charge < -0.3 is 19.4 Å². The smallest absolute Gasteiger partial charge is 0.336 e. The van der Waals surface area contributed by atoms with Crippen LogP contribution in [-0.4, -0.2) is 29.5 Å². The number of hydrogen-bond acceptors (Lipinski definition) is 5. The molecule has 0 spiro atoms. The van der Waals surface area contributed by atoms with Gasteiger partial charge in [-0.25, -0.2) is 4.79 Å². The molecular formula is C19H22O5. The van der Waals surface area contributed by atoms with E-state index in [0.717, 1.165) is 16.5 Å². The van der Waals surface area contributed by atoms with Crippen molar-refractivity contribution in [1.82, 2.24) is 0 Å². The van der Waals surface area contributed by atoms with Crippen LogP contribution in [0.3, 0.4) is 0 Å². The Morgan fingerprint density at radius 1 is 1.25 bits per heavy atom. The van der Waals surface area contributed by atoms with Crippen molar-refractivity contribution in [3.05, 3.63) is 64.1 Å². The number of benzene rings is 1. The van der Waals surface area contributed by atoms with Gasteiger partial charge >= 0.3 is 5.63 Å². The lowest BCUT2D eigenvalue weighted by molar-refractivity contribution is 0.220. The van der Waals surface area contributed by atoms with Crippen LogP contribution < -0.4 is 10.4 Å². The summed E-state index contributed by atoms with van der Waals surface area (Å²) in [5, 5.41) is 19.6. The van der Waals surface area contributed by atoms with E-state index in [4.69, 9.17) is 14.3 Å². The van der Waals surface area contributed by atoms with E-state index < -0.39 is 11.7 Å². The van der Waals surface area contributed by atoms with Crippen LogP contribution in [-0.2, 0) is 0 Å². The second-order valence-corrected chi connectivity index (χ2v) is 5.76. The molecule has 2 N–H and O–H groups in total. The molecule has 0 radical (unpaired) electrons. The molecule has 0 fully saturated rings. The van der Waals surface area contributed by atoms with Crippen LogP contribution in [0, 0.1) is 0 Å². The van der Waals surface area contributed by atoms with Crippen LogP contribution in [0.1, 0.15) is 20.3 Å². The highest BCUT2D eigenvalue weighted by molar-refractivity contribution is 5.77. The molecule has 5 nitrogen and oxygen atoms in total. The van der Waals surface area contributed by atoms with Gasteiger partial charge in [0, 0.05) is 17.5 Å². The summed E-state index contributed by atoms with van der Waals surface area (Å²) in [5.74, 6) is 0.609. The number of rotatable bonds is 7. The van der Waals surface area contributed by atoms with E-state index in [2.05, 4.69) is 0 Å². The maximum atomic E-state index is 11.2. The molecule has 1 aromatic heterocycles. The summed E-state index contributed by atoms with van der Waals surface area (Å²) in [5.41, 5.74) is 1.82. The Morgan fingerprint density at radius 2 is 2.00 bits per heavy atom. The molecule has 2 rings (SSSR count). The van der Waals surface area contributed by atoms with Gasteiger partial charge in [0.15, 0.2) is 0 Å². The van der Waals surface area contributed by atoms with Gasteiger partial charge in [0.05, 0.1) is 12.7 Å². The van der Waals surface area contributed by atoms with Gasteiger partial charge in [0.2, 0.25) is 0 Å². The number of aliphatic hydroxyl groups excluding tert-OH is 2. The van der Waals surface area contributed by atoms with Crippen LogP contribution in [0.2, 0.25) is 0 Å². The molecule has 0 aliphatic rings. The Hall–Kier alpha value is -2.37. The summed E-state index contributed by atoms with van der Waals surface area (Å²) < 4.78 is 10.8. The third kappa shape index (κ3) is 5.37. The maximum Gasteiger partial charge on any atom is 0.336 e. The van der Waals surface area contributed by atoms with Gasteiger partial charge in [-0.05, 0) is 50.1 Å². The fourth-order valence-electron chi connectivity index (χ4n) is 2.26. The van der Waals surface area contributed by atoms with Crippen LogP contribution in [0.15, 0.2) is 62.8 Å². The summed E-state index contributed by atoms with van der Waals surface area (Å²) in [6.45, 7) is 3.97. The van der Waals surface area contributed by atoms with E-state index in [1.54, 1.807) is 25.1 Å². The first-order valence-corrected chi connectivity index (χ1v) is 7.76. The normalized spacial score (nSPS) is 14.0. The summed E-state index contributed by atoms with van der Waals surface area (Å²) in [4.78, 5) is 11.2. The zero-order chi connectivity index (χ0) is 17.5. The third-order valence-electron chi connectivity index (χ3n) is 3.53. The molecule has 1 unspecified atom stereocenters. The maximum absolute atomic E-state index is 11.2. The molecular weight excluding hydrogens is 308 g/mol. The van der Waals surface area contributed by atoms with Gasteiger partial charge in [-0.3, -0.25) is 0 Å². The molecule has 5 heteroatoms. The molecule has 1 atom stereocenters. The fourth-order valence-corrected chi connectivity index (χ4v) is 2.26. The van der Waals surface area contributed by atoms with Gasteiger partial charge in [0.25, 0.3) is 0 Å². The largest absolute Gasteiger partial charge is 0.489 e. The molecule has 1 aromatic carbocycles. The number of aliphatic hydroxyl groups is 2. The minimum atomic E-state index is -0.622. The first-order chi connectivity index (χ1) is 11.5. The van der Waals surface area contributed by atoms with Crippen molar-refractivity contribution in [2.24, 2.45) is 0 Å². The summed E-state index contributed by atoms with van der Waals surface area (Å²) in [6, 6.07) is 8.41. The predicted octanol–water partition coefficient (Wildman–Crippen LogP) is 2.81. The van der Waals surface area contributed by atoms with E-state index in [1.165, 1.54) is 6.07 Å². The lowest BCUT2D eigenvalue weighted by atomic mass is 10.1. The highest BCUT2D eigenvalue weighted by atomic mass is 16.5. The molecule has 0 aliphatic carbocycles. The second-order valence-electron chi connectivity index (χ2n) is 5.76. The van der Waals surface area contributed by atoms with Crippen molar-refractivity contribution in [2.45, 2.75) is 26.4 Å². The standard InChI is InChI=1S/C19H22O5/c1-13(9-16(21)10-14(2)12-20)7-8-23-17-5-3-15-4-6-19(22)24-18(15)11-17/h3-7,10-11,16,20-21H,8-9,12H2,1-2H3. The van der Waals surface area contributed by atoms with Gasteiger partial charge in [0.1, 0.15) is 17.9 Å². The quantitative estimate of drug-likeness (QED) is 0.603. The summed E-state index contributed by atoms with van der Waals surface area (Å²) in [7, 11) is 0. The molecule has 0 bridgehead atoms. The molecule has 0 aliphatic heterocycles. The highest BCUT2D eigenvalue weighted by Gasteiger charge is 2.03. The van der Waals surface area contributed by atoms with Crippen molar-refractivity contribution >= 4 is 11.0 Å². The van der Waals surface area contributed by atoms with Gasteiger partial charge in [-0.15, -0.1) is 0 Å². The Balaban J connectivity index is 1.94. The first kappa shape index (κ1) is 18.0. The zero-order valence-electron chi connectivity index (χ0n) is 13.9. The van der Waals surface area contributed by atoms with E-state index in [-0.39, 0.29) is 6.61 Å². The molecule has 1 heterocycles. The Kier molecular flexibility index (Phi) is 6.35. The second kappa shape index (κ2) is 8.47. The van der Waals surface area contributed by atoms with E-state index in [0.29, 0.717) is 24.4 Å². The van der Waals surface area contributed by atoms with E-state index in [9.17, 15) is 9.90 Å². The zero-order valence-corrected chi connectivity index (χ0v) is 13.9. The van der Waals surface area contributed by atoms with Gasteiger partial charge in [-0.2, -0.15) is 0 Å². The molecule has 0 amide bonds. The third-order valence-corrected chi connectivity index (χ3v) is 3.53. The summed E-state index contributed by atoms with van der Waals surface area (Å²) >= 11 is 0. The number of hydrogen-bond donors (Lipinski definition) is 2. The minimum Gasteiger partial charge on any atom is -0.489 e. The summed E-state index contributed by atoms with van der Waals surface area (Å²) in [6.07, 6.45) is 3.39. The number of fused-ring (bicyclic) bond motifs is 1. The Labute approximate surface area is 140 Å². The van der Waals surface area contributed by atoms with Crippen molar-refractivity contribution in [3.63, 3.8) is 0 Å². The van der Waals surface area contributed by atoms with E-state index in [1.807, 2.05) is 25.1 Å². The number of ether oxygens (including phenoxy) is 1. The average molecular weight is 330 g/mol. The molecule has 0 saturated carbocycles. The Morgan fingerprint density at radius 3 is 2.75 bits per heavy atom. The highest BCUT2D eigenvalue weighted by Crippen LogP contribution is 2.19. The average Bonchev–Trinajstić information content (AvgIpc) is 2.54. The SMILES string of the molecule is CC(=CC(O)CC(C)=CCOc1ccc2ccc(=O)oc2c1)CO. The van der Waals surface area contributed by atoms with Crippen LogP contribution in [0.25, 0.3) is 11.0 Å². The van der Waals surface area contributed by atoms with Gasteiger partial charge in [-0.1, -0.05) is 11.6 Å². The van der Waals surface area contributed by atoms with Crippen molar-refractivity contribution in [2.75, 3.05) is 13.2 Å². The first-order valence-electron chi connectivity index (χ1n) is 7.76. The lowest BCUT2D eigenvalue weighted by Crippen LogP contribution is -2.05. The molecule has 24 heavy (non-hydrogen) atoms. The molecule has 0 saturated heterocycles. The molecule has 2 aromatic rings. The lowest BCUT2D eigenvalue weighted by Gasteiger charge is -2.09. The van der Waals surface area contributed by atoms with Crippen molar-refractivity contribution in [1.29, 1.82) is 0 Å². The fraction of sp³-hybridized carbons (Fsp3) is 0.316. The van der Waals surface area contributed by atoms with Crippen LogP contribution in [0.4, 0.5) is 0 Å². The predicted molar refractivity (Wildman–Crippen MR) is 93.2 cm³/mol. The van der Waals surface area contributed by atoms with Crippen LogP contribution >= 0.6 is 0 Å². The molecule has 128 valence electrons. The van der Waals surface area contributed by atoms with Crippen LogP contribution in [0.5, 0.6) is 5.75 Å². The van der Waals surface area contributed by atoms with E-state index >= 15 is 0 Å². The minimum absolute atomic E-state index is 0.0545. The Bertz CT molecular complexity index is 801. The topological polar surface area (TPSA) is 79.9 Å². The van der Waals surface area contributed by atoms with Crippen molar-refractivity contribution in [3.8, 4) is 5.75 Å². The monoisotopic (exact) mass is 330 g/mol.